The van der Waals surface area contributed by atoms with Gasteiger partial charge in [-0.3, -0.25) is 0 Å². The van der Waals surface area contributed by atoms with Crippen molar-refractivity contribution in [2.75, 3.05) is 0 Å². The molecule has 0 radical (unpaired) electrons. The molecule has 0 saturated carbocycles. The molecule has 2 heteroatoms. The van der Waals surface area contributed by atoms with Crippen LogP contribution in [0.1, 0.15) is 18.5 Å². The molecule has 100 valence electrons. The van der Waals surface area contributed by atoms with Crippen LogP contribution in [0.15, 0.2) is 66.7 Å². The molecule has 0 saturated heterocycles. The molecule has 3 rings (SSSR count). The molecule has 2 nitrogen and oxygen atoms in total. The van der Waals surface area contributed by atoms with Gasteiger partial charge in [0.1, 0.15) is 11.5 Å². The summed E-state index contributed by atoms with van der Waals surface area (Å²) in [5, 5.41) is 2.29. The van der Waals surface area contributed by atoms with E-state index in [-0.39, 0.29) is 6.04 Å². The van der Waals surface area contributed by atoms with Crippen LogP contribution in [0, 0.1) is 0 Å². The predicted molar refractivity (Wildman–Crippen MR) is 83.1 cm³/mol. The van der Waals surface area contributed by atoms with Crippen molar-refractivity contribution < 1.29 is 4.74 Å². The minimum atomic E-state index is 0.00562. The number of hydrogen-bond donors (Lipinski definition) is 1. The summed E-state index contributed by atoms with van der Waals surface area (Å²) in [5.41, 5.74) is 6.98. The van der Waals surface area contributed by atoms with Gasteiger partial charge in [0.05, 0.1) is 0 Å². The Morgan fingerprint density at radius 2 is 1.65 bits per heavy atom. The molecule has 0 aliphatic heterocycles. The Bertz CT molecular complexity index is 729. The smallest absolute Gasteiger partial charge is 0.135 e. The second-order valence-corrected chi connectivity index (χ2v) is 4.94. The fourth-order valence-electron chi connectivity index (χ4n) is 2.27. The van der Waals surface area contributed by atoms with Crippen LogP contribution in [-0.4, -0.2) is 0 Å². The standard InChI is InChI=1S/C18H17NO/c1-13(19)15-8-4-9-16(12-15)20-18-11-5-7-14-6-2-3-10-17(14)18/h2-13H,19H2,1H3. The van der Waals surface area contributed by atoms with Crippen molar-refractivity contribution >= 4 is 10.8 Å². The Morgan fingerprint density at radius 1 is 0.900 bits per heavy atom. The van der Waals surface area contributed by atoms with Crippen molar-refractivity contribution in [3.63, 3.8) is 0 Å². The zero-order chi connectivity index (χ0) is 13.9. The first-order chi connectivity index (χ1) is 9.74. The van der Waals surface area contributed by atoms with E-state index >= 15 is 0 Å². The maximum atomic E-state index is 6.03. The van der Waals surface area contributed by atoms with Gasteiger partial charge in [-0.1, -0.05) is 48.5 Å². The molecule has 0 aromatic heterocycles. The van der Waals surface area contributed by atoms with Gasteiger partial charge in [0.15, 0.2) is 0 Å². The molecule has 0 amide bonds. The molecule has 0 bridgehead atoms. The second-order valence-electron chi connectivity index (χ2n) is 4.94. The maximum absolute atomic E-state index is 6.03. The van der Waals surface area contributed by atoms with Crippen molar-refractivity contribution in [1.29, 1.82) is 0 Å². The average molecular weight is 263 g/mol. The van der Waals surface area contributed by atoms with Crippen LogP contribution in [-0.2, 0) is 0 Å². The van der Waals surface area contributed by atoms with Crippen LogP contribution >= 0.6 is 0 Å². The highest BCUT2D eigenvalue weighted by molar-refractivity contribution is 5.88. The zero-order valence-corrected chi connectivity index (χ0v) is 11.4. The third kappa shape index (κ3) is 2.51. The van der Waals surface area contributed by atoms with E-state index in [4.69, 9.17) is 10.5 Å². The lowest BCUT2D eigenvalue weighted by Crippen LogP contribution is -2.04. The zero-order valence-electron chi connectivity index (χ0n) is 11.4. The lowest BCUT2D eigenvalue weighted by atomic mass is 10.1. The third-order valence-electron chi connectivity index (χ3n) is 3.36. The molecule has 0 heterocycles. The van der Waals surface area contributed by atoms with Crippen molar-refractivity contribution in [1.82, 2.24) is 0 Å². The Kier molecular flexibility index (Phi) is 3.40. The fraction of sp³-hybridized carbons (Fsp3) is 0.111. The molecule has 20 heavy (non-hydrogen) atoms. The molecule has 0 aliphatic carbocycles. The summed E-state index contributed by atoms with van der Waals surface area (Å²) in [4.78, 5) is 0. The van der Waals surface area contributed by atoms with Gasteiger partial charge in [0, 0.05) is 11.4 Å². The highest BCUT2D eigenvalue weighted by Crippen LogP contribution is 2.30. The van der Waals surface area contributed by atoms with Crippen LogP contribution in [0.3, 0.4) is 0 Å². The van der Waals surface area contributed by atoms with Crippen molar-refractivity contribution in [2.24, 2.45) is 5.73 Å². The molecular formula is C18H17NO. The van der Waals surface area contributed by atoms with Gasteiger partial charge in [0.25, 0.3) is 0 Å². The summed E-state index contributed by atoms with van der Waals surface area (Å²) in [6.07, 6.45) is 0. The van der Waals surface area contributed by atoms with Crippen molar-refractivity contribution in [3.8, 4) is 11.5 Å². The van der Waals surface area contributed by atoms with Gasteiger partial charge in [-0.05, 0) is 36.1 Å². The maximum Gasteiger partial charge on any atom is 0.135 e. The van der Waals surface area contributed by atoms with Gasteiger partial charge in [0.2, 0.25) is 0 Å². The molecular weight excluding hydrogens is 246 g/mol. The second kappa shape index (κ2) is 5.35. The van der Waals surface area contributed by atoms with Gasteiger partial charge in [-0.25, -0.2) is 0 Å². The molecule has 0 fully saturated rings. The highest BCUT2D eigenvalue weighted by Gasteiger charge is 2.05. The molecule has 1 unspecified atom stereocenters. The van der Waals surface area contributed by atoms with Crippen LogP contribution in [0.4, 0.5) is 0 Å². The summed E-state index contributed by atoms with van der Waals surface area (Å²) in [6, 6.07) is 22.2. The average Bonchev–Trinajstić information content (AvgIpc) is 2.48. The van der Waals surface area contributed by atoms with E-state index in [2.05, 4.69) is 18.2 Å². The quantitative estimate of drug-likeness (QED) is 0.746. The highest BCUT2D eigenvalue weighted by atomic mass is 16.5. The van der Waals surface area contributed by atoms with Gasteiger partial charge < -0.3 is 10.5 Å². The van der Waals surface area contributed by atoms with E-state index in [9.17, 15) is 0 Å². The van der Waals surface area contributed by atoms with Crippen molar-refractivity contribution in [3.05, 3.63) is 72.3 Å². The Labute approximate surface area is 118 Å². The van der Waals surface area contributed by atoms with E-state index < -0.39 is 0 Å². The molecule has 3 aromatic carbocycles. The summed E-state index contributed by atoms with van der Waals surface area (Å²) >= 11 is 0. The summed E-state index contributed by atoms with van der Waals surface area (Å²) in [7, 11) is 0. The lowest BCUT2D eigenvalue weighted by Gasteiger charge is -2.11. The van der Waals surface area contributed by atoms with E-state index in [0.29, 0.717) is 0 Å². The first-order valence-electron chi connectivity index (χ1n) is 6.75. The predicted octanol–water partition coefficient (Wildman–Crippen LogP) is 4.65. The van der Waals surface area contributed by atoms with Gasteiger partial charge >= 0.3 is 0 Å². The van der Waals surface area contributed by atoms with E-state index in [1.54, 1.807) is 0 Å². The summed E-state index contributed by atoms with van der Waals surface area (Å²) < 4.78 is 6.03. The van der Waals surface area contributed by atoms with E-state index in [0.717, 1.165) is 22.4 Å². The van der Waals surface area contributed by atoms with Gasteiger partial charge in [-0.2, -0.15) is 0 Å². The van der Waals surface area contributed by atoms with Crippen molar-refractivity contribution in [2.45, 2.75) is 13.0 Å². The number of benzene rings is 3. The molecule has 3 aromatic rings. The SMILES string of the molecule is CC(N)c1cccc(Oc2cccc3ccccc23)c1. The van der Waals surface area contributed by atoms with Crippen LogP contribution in [0.25, 0.3) is 10.8 Å². The number of fused-ring (bicyclic) bond motifs is 1. The Balaban J connectivity index is 1.99. The Morgan fingerprint density at radius 3 is 2.50 bits per heavy atom. The lowest BCUT2D eigenvalue weighted by molar-refractivity contribution is 0.487. The van der Waals surface area contributed by atoms with Crippen LogP contribution in [0.5, 0.6) is 11.5 Å². The van der Waals surface area contributed by atoms with Gasteiger partial charge in [-0.15, -0.1) is 0 Å². The number of ether oxygens (including phenoxy) is 1. The molecule has 2 N–H and O–H groups in total. The first-order valence-corrected chi connectivity index (χ1v) is 6.75. The normalized spacial score (nSPS) is 12.3. The fourth-order valence-corrected chi connectivity index (χ4v) is 2.27. The molecule has 0 spiro atoms. The minimum absolute atomic E-state index is 0.00562. The number of hydrogen-bond acceptors (Lipinski definition) is 2. The summed E-state index contributed by atoms with van der Waals surface area (Å²) in [6.45, 7) is 1.97. The van der Waals surface area contributed by atoms with Crippen LogP contribution in [0.2, 0.25) is 0 Å². The minimum Gasteiger partial charge on any atom is -0.457 e. The monoisotopic (exact) mass is 263 g/mol. The number of nitrogens with two attached hydrogens (primary N) is 1. The summed E-state index contributed by atoms with van der Waals surface area (Å²) in [5.74, 6) is 1.68. The first kappa shape index (κ1) is 12.7. The largest absolute Gasteiger partial charge is 0.457 e. The van der Waals surface area contributed by atoms with Crippen LogP contribution < -0.4 is 10.5 Å². The Hall–Kier alpha value is -2.32. The number of rotatable bonds is 3. The molecule has 0 aliphatic rings. The van der Waals surface area contributed by atoms with E-state index in [1.807, 2.05) is 55.5 Å². The topological polar surface area (TPSA) is 35.2 Å². The molecule has 1 atom stereocenters. The van der Waals surface area contributed by atoms with E-state index in [1.165, 1.54) is 5.39 Å². The third-order valence-corrected chi connectivity index (χ3v) is 3.36.